The maximum atomic E-state index is 12.3. The number of aryl methyl sites for hydroxylation is 2. The second-order valence-electron chi connectivity index (χ2n) is 5.03. The first-order valence-corrected chi connectivity index (χ1v) is 7.22. The zero-order valence-electron chi connectivity index (χ0n) is 13.6. The molecule has 1 heterocycles. The van der Waals surface area contributed by atoms with Gasteiger partial charge >= 0.3 is 5.97 Å². The van der Waals surface area contributed by atoms with Crippen molar-refractivity contribution < 1.29 is 9.53 Å². The minimum Gasteiger partial charge on any atom is -0.465 e. The molecule has 1 atom stereocenters. The Hall–Kier alpha value is -2.42. The zero-order chi connectivity index (χ0) is 16.9. The minimum absolute atomic E-state index is 0.0614. The Bertz CT molecular complexity index is 696. The number of hydrogen-bond donors (Lipinski definition) is 0. The van der Waals surface area contributed by atoms with Crippen LogP contribution in [-0.4, -0.2) is 23.0 Å². The Morgan fingerprint density at radius 2 is 2.09 bits per heavy atom. The van der Waals surface area contributed by atoms with Crippen LogP contribution in [0.5, 0.6) is 0 Å². The molecule has 0 radical (unpaired) electrons. The van der Waals surface area contributed by atoms with E-state index >= 15 is 0 Å². The number of pyridine rings is 1. The SMILES string of the molecule is CCOC(=O)C(CC)/C(C)=N/n1c(C)cc(C)c(C#N)c1=O. The Labute approximate surface area is 130 Å². The molecule has 6 heteroatoms. The average molecular weight is 303 g/mol. The van der Waals surface area contributed by atoms with Gasteiger partial charge in [-0.3, -0.25) is 9.59 Å². The lowest BCUT2D eigenvalue weighted by Crippen LogP contribution is -2.28. The number of ether oxygens (including phenoxy) is 1. The maximum Gasteiger partial charge on any atom is 0.314 e. The molecule has 0 spiro atoms. The van der Waals surface area contributed by atoms with E-state index in [2.05, 4.69) is 5.10 Å². The standard InChI is InChI=1S/C16H21N3O3/c1-6-13(16(21)22-7-2)12(5)18-19-11(4)8-10(3)14(9-17)15(19)20/h8,13H,6-7H2,1-5H3/b18-12+. The highest BCUT2D eigenvalue weighted by atomic mass is 16.5. The summed E-state index contributed by atoms with van der Waals surface area (Å²) in [4.78, 5) is 24.2. The number of hydrogen-bond acceptors (Lipinski definition) is 5. The Kier molecular flexibility index (Phi) is 6.05. The van der Waals surface area contributed by atoms with Crippen molar-refractivity contribution in [2.75, 3.05) is 6.61 Å². The second-order valence-corrected chi connectivity index (χ2v) is 5.03. The number of aromatic nitrogens is 1. The molecule has 0 amide bonds. The van der Waals surface area contributed by atoms with Crippen molar-refractivity contribution in [3.8, 4) is 6.07 Å². The zero-order valence-corrected chi connectivity index (χ0v) is 13.6. The highest BCUT2D eigenvalue weighted by Gasteiger charge is 2.21. The molecule has 6 nitrogen and oxygen atoms in total. The van der Waals surface area contributed by atoms with Gasteiger partial charge in [0.15, 0.2) is 0 Å². The monoisotopic (exact) mass is 303 g/mol. The molecule has 0 aliphatic heterocycles. The van der Waals surface area contributed by atoms with Gasteiger partial charge in [-0.15, -0.1) is 0 Å². The summed E-state index contributed by atoms with van der Waals surface area (Å²) in [7, 11) is 0. The molecule has 1 aromatic heterocycles. The molecule has 22 heavy (non-hydrogen) atoms. The van der Waals surface area contributed by atoms with Gasteiger partial charge in [-0.2, -0.15) is 10.4 Å². The molecule has 1 unspecified atom stereocenters. The molecule has 118 valence electrons. The number of rotatable bonds is 5. The van der Waals surface area contributed by atoms with E-state index in [9.17, 15) is 9.59 Å². The number of esters is 1. The van der Waals surface area contributed by atoms with Crippen LogP contribution in [0.1, 0.15) is 44.0 Å². The fraction of sp³-hybridized carbons (Fsp3) is 0.500. The Morgan fingerprint density at radius 1 is 1.45 bits per heavy atom. The van der Waals surface area contributed by atoms with E-state index in [0.717, 1.165) is 0 Å². The van der Waals surface area contributed by atoms with Crippen molar-refractivity contribution in [1.29, 1.82) is 5.26 Å². The van der Waals surface area contributed by atoms with Crippen LogP contribution < -0.4 is 5.56 Å². The van der Waals surface area contributed by atoms with E-state index in [4.69, 9.17) is 10.00 Å². The van der Waals surface area contributed by atoms with Crippen LogP contribution in [0.25, 0.3) is 0 Å². The largest absolute Gasteiger partial charge is 0.465 e. The summed E-state index contributed by atoms with van der Waals surface area (Å²) in [6, 6.07) is 3.62. The predicted molar refractivity (Wildman–Crippen MR) is 83.8 cm³/mol. The fourth-order valence-electron chi connectivity index (χ4n) is 2.24. The van der Waals surface area contributed by atoms with E-state index in [0.29, 0.717) is 30.0 Å². The third kappa shape index (κ3) is 3.61. The van der Waals surface area contributed by atoms with Crippen LogP contribution >= 0.6 is 0 Å². The average Bonchev–Trinajstić information content (AvgIpc) is 2.44. The normalized spacial score (nSPS) is 12.6. The molecule has 0 aliphatic carbocycles. The first-order chi connectivity index (χ1) is 10.4. The quantitative estimate of drug-likeness (QED) is 0.616. The van der Waals surface area contributed by atoms with Crippen molar-refractivity contribution in [2.45, 2.75) is 41.0 Å². The summed E-state index contributed by atoms with van der Waals surface area (Å²) in [5, 5.41) is 13.3. The number of nitrogens with zero attached hydrogens (tertiary/aromatic N) is 3. The van der Waals surface area contributed by atoms with E-state index in [1.807, 2.05) is 13.0 Å². The highest BCUT2D eigenvalue weighted by molar-refractivity contribution is 6.00. The van der Waals surface area contributed by atoms with Gasteiger partial charge in [0.1, 0.15) is 11.6 Å². The second kappa shape index (κ2) is 7.55. The number of carbonyl (C=O) groups excluding carboxylic acids is 1. The molecule has 0 bridgehead atoms. The fourth-order valence-corrected chi connectivity index (χ4v) is 2.24. The third-order valence-corrected chi connectivity index (χ3v) is 3.41. The lowest BCUT2D eigenvalue weighted by molar-refractivity contribution is -0.145. The Morgan fingerprint density at radius 3 is 2.59 bits per heavy atom. The summed E-state index contributed by atoms with van der Waals surface area (Å²) in [6.45, 7) is 9.02. The molecule has 0 fully saturated rings. The van der Waals surface area contributed by atoms with E-state index < -0.39 is 11.5 Å². The molecule has 0 aliphatic rings. The minimum atomic E-state index is -0.502. The number of nitriles is 1. The molecule has 0 saturated carbocycles. The summed E-state index contributed by atoms with van der Waals surface area (Å²) in [5.41, 5.74) is 1.30. The van der Waals surface area contributed by atoms with Crippen molar-refractivity contribution in [3.63, 3.8) is 0 Å². The van der Waals surface area contributed by atoms with Crippen LogP contribution in [-0.2, 0) is 9.53 Å². The van der Waals surface area contributed by atoms with Crippen LogP contribution in [0.3, 0.4) is 0 Å². The van der Waals surface area contributed by atoms with Gasteiger partial charge in [0.05, 0.1) is 18.2 Å². The summed E-state index contributed by atoms with van der Waals surface area (Å²) in [6.07, 6.45) is 0.527. The van der Waals surface area contributed by atoms with Crippen LogP contribution in [0.2, 0.25) is 0 Å². The van der Waals surface area contributed by atoms with Gasteiger partial charge in [0.25, 0.3) is 5.56 Å². The summed E-state index contributed by atoms with van der Waals surface area (Å²) >= 11 is 0. The molecular weight excluding hydrogens is 282 g/mol. The van der Waals surface area contributed by atoms with Gasteiger partial charge in [0, 0.05) is 5.69 Å². The third-order valence-electron chi connectivity index (χ3n) is 3.41. The molecule has 1 rings (SSSR count). The Balaban J connectivity index is 3.35. The van der Waals surface area contributed by atoms with Crippen molar-refractivity contribution in [3.05, 3.63) is 33.2 Å². The highest BCUT2D eigenvalue weighted by Crippen LogP contribution is 2.11. The number of carbonyl (C=O) groups is 1. The first-order valence-electron chi connectivity index (χ1n) is 7.22. The molecule has 1 aromatic rings. The molecule has 0 aromatic carbocycles. The van der Waals surface area contributed by atoms with Gasteiger partial charge < -0.3 is 4.74 Å². The van der Waals surface area contributed by atoms with Gasteiger partial charge in [0.2, 0.25) is 0 Å². The van der Waals surface area contributed by atoms with E-state index in [1.165, 1.54) is 4.68 Å². The van der Waals surface area contributed by atoms with Crippen molar-refractivity contribution in [1.82, 2.24) is 4.68 Å². The molecule has 0 saturated heterocycles. The molecular formula is C16H21N3O3. The maximum absolute atomic E-state index is 12.3. The van der Waals surface area contributed by atoms with Gasteiger partial charge in [-0.1, -0.05) is 6.92 Å². The van der Waals surface area contributed by atoms with Crippen LogP contribution in [0.4, 0.5) is 0 Å². The molecule has 0 N–H and O–H groups in total. The van der Waals surface area contributed by atoms with Crippen LogP contribution in [0.15, 0.2) is 16.0 Å². The lowest BCUT2D eigenvalue weighted by atomic mass is 10.0. The predicted octanol–water partition coefficient (Wildman–Crippen LogP) is 2.15. The summed E-state index contributed by atoms with van der Waals surface area (Å²) < 4.78 is 6.19. The smallest absolute Gasteiger partial charge is 0.314 e. The van der Waals surface area contributed by atoms with Crippen LogP contribution in [0, 0.1) is 31.1 Å². The first kappa shape index (κ1) is 17.6. The van der Waals surface area contributed by atoms with E-state index in [-0.39, 0.29) is 11.5 Å². The lowest BCUT2D eigenvalue weighted by Gasteiger charge is -2.14. The van der Waals surface area contributed by atoms with Gasteiger partial charge in [-0.25, -0.2) is 4.68 Å². The van der Waals surface area contributed by atoms with Gasteiger partial charge in [-0.05, 0) is 45.7 Å². The topological polar surface area (TPSA) is 84.4 Å². The van der Waals surface area contributed by atoms with E-state index in [1.54, 1.807) is 33.8 Å². The van der Waals surface area contributed by atoms with Crippen molar-refractivity contribution >= 4 is 11.7 Å². The summed E-state index contributed by atoms with van der Waals surface area (Å²) in [5.74, 6) is -0.859. The van der Waals surface area contributed by atoms with Crippen molar-refractivity contribution in [2.24, 2.45) is 11.0 Å².